The van der Waals surface area contributed by atoms with Crippen molar-refractivity contribution in [3.63, 3.8) is 0 Å². The number of hydrogen-bond donors (Lipinski definition) is 2. The summed E-state index contributed by atoms with van der Waals surface area (Å²) in [7, 11) is 0. The molecule has 0 saturated carbocycles. The number of hydrogen-bond acceptors (Lipinski definition) is 6. The topological polar surface area (TPSA) is 87.4 Å². The molecule has 1 aromatic carbocycles. The van der Waals surface area contributed by atoms with Crippen LogP contribution < -0.4 is 16.0 Å². The molecule has 1 fully saturated rings. The van der Waals surface area contributed by atoms with Crippen LogP contribution in [0.15, 0.2) is 36.7 Å². The van der Waals surface area contributed by atoms with Crippen molar-refractivity contribution >= 4 is 17.5 Å². The highest BCUT2D eigenvalue weighted by Crippen LogP contribution is 2.15. The van der Waals surface area contributed by atoms with Gasteiger partial charge in [-0.1, -0.05) is 6.07 Å². The average Bonchev–Trinajstić information content (AvgIpc) is 2.71. The van der Waals surface area contributed by atoms with Crippen LogP contribution in [0, 0.1) is 6.92 Å². The van der Waals surface area contributed by atoms with Gasteiger partial charge in [-0.2, -0.15) is 0 Å². The highest BCUT2D eigenvalue weighted by atomic mass is 16.1. The minimum Gasteiger partial charge on any atom is -0.398 e. The van der Waals surface area contributed by atoms with Gasteiger partial charge in [0, 0.05) is 56.4 Å². The standard InChI is InChI=1S/C20H28N6O/c1-16-17(6-4-7-18(16)21)19(27)22-8-2-3-11-25-12-14-26(15-13-25)20-23-9-5-10-24-20/h4-7,9-10H,2-3,8,11-15,21H2,1H3,(H,22,27). The van der Waals surface area contributed by atoms with Gasteiger partial charge < -0.3 is 16.0 Å². The Labute approximate surface area is 160 Å². The average molecular weight is 368 g/mol. The van der Waals surface area contributed by atoms with Crippen LogP contribution in [0.4, 0.5) is 11.6 Å². The summed E-state index contributed by atoms with van der Waals surface area (Å²) in [5.41, 5.74) is 8.03. The summed E-state index contributed by atoms with van der Waals surface area (Å²) in [6.45, 7) is 7.57. The first kappa shape index (κ1) is 19.1. The molecule has 1 aromatic heterocycles. The maximum atomic E-state index is 12.3. The lowest BCUT2D eigenvalue weighted by Gasteiger charge is -2.34. The number of nitrogens with two attached hydrogens (primary N) is 1. The maximum absolute atomic E-state index is 12.3. The minimum absolute atomic E-state index is 0.0451. The first-order chi connectivity index (χ1) is 13.1. The molecule has 2 heterocycles. The van der Waals surface area contributed by atoms with E-state index in [1.807, 2.05) is 31.2 Å². The van der Waals surface area contributed by atoms with Crippen LogP contribution in [0.2, 0.25) is 0 Å². The van der Waals surface area contributed by atoms with E-state index in [1.54, 1.807) is 12.4 Å². The Balaban J connectivity index is 1.32. The first-order valence-electron chi connectivity index (χ1n) is 9.53. The summed E-state index contributed by atoms with van der Waals surface area (Å²) in [6.07, 6.45) is 5.61. The zero-order chi connectivity index (χ0) is 19.1. The second-order valence-corrected chi connectivity index (χ2v) is 6.86. The predicted octanol–water partition coefficient (Wildman–Crippen LogP) is 1.70. The van der Waals surface area contributed by atoms with E-state index in [0.29, 0.717) is 17.8 Å². The molecule has 1 amide bonds. The zero-order valence-corrected chi connectivity index (χ0v) is 15.9. The van der Waals surface area contributed by atoms with Gasteiger partial charge in [0.05, 0.1) is 0 Å². The number of unbranched alkanes of at least 4 members (excludes halogenated alkanes) is 1. The van der Waals surface area contributed by atoms with Crippen molar-refractivity contribution in [1.29, 1.82) is 0 Å². The third kappa shape index (κ3) is 5.17. The van der Waals surface area contributed by atoms with Crippen LogP contribution in [-0.4, -0.2) is 60.0 Å². The third-order valence-electron chi connectivity index (χ3n) is 5.01. The molecule has 1 saturated heterocycles. The van der Waals surface area contributed by atoms with Gasteiger partial charge in [-0.05, 0) is 50.1 Å². The number of piperazine rings is 1. The lowest BCUT2D eigenvalue weighted by atomic mass is 10.1. The minimum atomic E-state index is -0.0451. The smallest absolute Gasteiger partial charge is 0.251 e. The first-order valence-corrected chi connectivity index (χ1v) is 9.53. The van der Waals surface area contributed by atoms with Crippen LogP contribution >= 0.6 is 0 Å². The normalized spacial score (nSPS) is 14.9. The van der Waals surface area contributed by atoms with Gasteiger partial charge in [-0.15, -0.1) is 0 Å². The number of benzene rings is 1. The summed E-state index contributed by atoms with van der Waals surface area (Å²) in [5.74, 6) is 0.771. The van der Waals surface area contributed by atoms with E-state index in [-0.39, 0.29) is 5.91 Å². The van der Waals surface area contributed by atoms with Crippen LogP contribution in [0.1, 0.15) is 28.8 Å². The number of nitrogens with zero attached hydrogens (tertiary/aromatic N) is 4. The van der Waals surface area contributed by atoms with Gasteiger partial charge in [0.15, 0.2) is 0 Å². The molecule has 27 heavy (non-hydrogen) atoms. The molecule has 0 unspecified atom stereocenters. The van der Waals surface area contributed by atoms with Gasteiger partial charge >= 0.3 is 0 Å². The summed E-state index contributed by atoms with van der Waals surface area (Å²) in [4.78, 5) is 25.6. The molecule has 0 radical (unpaired) electrons. The summed E-state index contributed by atoms with van der Waals surface area (Å²) >= 11 is 0. The largest absolute Gasteiger partial charge is 0.398 e. The van der Waals surface area contributed by atoms with Crippen molar-refractivity contribution in [3.8, 4) is 0 Å². The third-order valence-corrected chi connectivity index (χ3v) is 5.01. The van der Waals surface area contributed by atoms with E-state index < -0.39 is 0 Å². The summed E-state index contributed by atoms with van der Waals surface area (Å²) in [6, 6.07) is 7.29. The number of nitrogen functional groups attached to an aromatic ring is 1. The SMILES string of the molecule is Cc1c(N)cccc1C(=O)NCCCCN1CCN(c2ncccn2)CC1. The highest BCUT2D eigenvalue weighted by molar-refractivity contribution is 5.96. The predicted molar refractivity (Wildman–Crippen MR) is 108 cm³/mol. The highest BCUT2D eigenvalue weighted by Gasteiger charge is 2.18. The molecule has 0 atom stereocenters. The van der Waals surface area contributed by atoms with Gasteiger partial charge in [0.25, 0.3) is 5.91 Å². The monoisotopic (exact) mass is 368 g/mol. The molecule has 0 spiro atoms. The lowest BCUT2D eigenvalue weighted by molar-refractivity contribution is 0.0952. The van der Waals surface area contributed by atoms with Gasteiger partial charge in [-0.25, -0.2) is 9.97 Å². The second-order valence-electron chi connectivity index (χ2n) is 6.86. The Morgan fingerprint density at radius 3 is 2.59 bits per heavy atom. The number of amides is 1. The summed E-state index contributed by atoms with van der Waals surface area (Å²) < 4.78 is 0. The van der Waals surface area contributed by atoms with Crippen molar-refractivity contribution in [2.24, 2.45) is 0 Å². The molecular weight excluding hydrogens is 340 g/mol. The fraction of sp³-hybridized carbons (Fsp3) is 0.450. The molecule has 7 nitrogen and oxygen atoms in total. The number of aromatic nitrogens is 2. The Bertz CT molecular complexity index is 743. The molecular formula is C20H28N6O. The number of anilines is 2. The van der Waals surface area contributed by atoms with Crippen molar-refractivity contribution in [3.05, 3.63) is 47.8 Å². The molecule has 3 N–H and O–H groups in total. The van der Waals surface area contributed by atoms with E-state index in [2.05, 4.69) is 25.1 Å². The lowest BCUT2D eigenvalue weighted by Crippen LogP contribution is -2.47. The molecule has 3 rings (SSSR count). The molecule has 1 aliphatic heterocycles. The quantitative estimate of drug-likeness (QED) is 0.571. The summed E-state index contributed by atoms with van der Waals surface area (Å²) in [5, 5.41) is 3.00. The second kappa shape index (κ2) is 9.32. The fourth-order valence-corrected chi connectivity index (χ4v) is 3.28. The van der Waals surface area contributed by atoms with E-state index in [0.717, 1.165) is 57.1 Å². The van der Waals surface area contributed by atoms with Gasteiger partial charge in [-0.3, -0.25) is 9.69 Å². The molecule has 1 aliphatic rings. The van der Waals surface area contributed by atoms with E-state index in [9.17, 15) is 4.79 Å². The number of carbonyl (C=O) groups is 1. The van der Waals surface area contributed by atoms with Crippen molar-refractivity contribution < 1.29 is 4.79 Å². The molecule has 0 bridgehead atoms. The van der Waals surface area contributed by atoms with E-state index >= 15 is 0 Å². The van der Waals surface area contributed by atoms with Crippen molar-refractivity contribution in [1.82, 2.24) is 20.2 Å². The maximum Gasteiger partial charge on any atom is 0.251 e. The van der Waals surface area contributed by atoms with E-state index in [1.165, 1.54) is 0 Å². The van der Waals surface area contributed by atoms with Crippen LogP contribution in [0.5, 0.6) is 0 Å². The van der Waals surface area contributed by atoms with Crippen molar-refractivity contribution in [2.75, 3.05) is 49.9 Å². The zero-order valence-electron chi connectivity index (χ0n) is 15.9. The number of carbonyl (C=O) groups excluding carboxylic acids is 1. The number of rotatable bonds is 7. The molecule has 7 heteroatoms. The number of nitrogens with one attached hydrogen (secondary N) is 1. The van der Waals surface area contributed by atoms with Crippen LogP contribution in [0.3, 0.4) is 0 Å². The molecule has 2 aromatic rings. The van der Waals surface area contributed by atoms with Gasteiger partial charge in [0.2, 0.25) is 5.95 Å². The Hall–Kier alpha value is -2.67. The molecule has 0 aliphatic carbocycles. The van der Waals surface area contributed by atoms with Crippen LogP contribution in [-0.2, 0) is 0 Å². The molecule has 144 valence electrons. The Morgan fingerprint density at radius 1 is 1.11 bits per heavy atom. The van der Waals surface area contributed by atoms with Crippen LogP contribution in [0.25, 0.3) is 0 Å². The Morgan fingerprint density at radius 2 is 1.85 bits per heavy atom. The Kier molecular flexibility index (Phi) is 6.59. The fourth-order valence-electron chi connectivity index (χ4n) is 3.28. The van der Waals surface area contributed by atoms with Gasteiger partial charge in [0.1, 0.15) is 0 Å². The van der Waals surface area contributed by atoms with Crippen molar-refractivity contribution in [2.45, 2.75) is 19.8 Å². The van der Waals surface area contributed by atoms with E-state index in [4.69, 9.17) is 5.73 Å².